The zero-order chi connectivity index (χ0) is 15.5. The summed E-state index contributed by atoms with van der Waals surface area (Å²) < 4.78 is 5.32. The van der Waals surface area contributed by atoms with Crippen molar-refractivity contribution in [3.05, 3.63) is 42.0 Å². The Hall–Kier alpha value is -0.730. The molecule has 6 heteroatoms. The number of nitrogens with zero attached hydrogens (tertiary/aromatic N) is 1. The molecule has 0 saturated heterocycles. The van der Waals surface area contributed by atoms with E-state index in [2.05, 4.69) is 46.0 Å². The highest BCUT2D eigenvalue weighted by Crippen LogP contribution is 2.15. The van der Waals surface area contributed by atoms with Crippen molar-refractivity contribution in [2.45, 2.75) is 17.7 Å². The second-order valence-electron chi connectivity index (χ2n) is 5.02. The fourth-order valence-electron chi connectivity index (χ4n) is 2.21. The van der Waals surface area contributed by atoms with Crippen molar-refractivity contribution in [3.8, 4) is 0 Å². The largest absolute Gasteiger partial charge is 0.377 e. The predicted octanol–water partition coefficient (Wildman–Crippen LogP) is 3.30. The van der Waals surface area contributed by atoms with E-state index in [9.17, 15) is 0 Å². The molecular weight excluding hydrogens is 421 g/mol. The van der Waals surface area contributed by atoms with Crippen molar-refractivity contribution >= 4 is 41.7 Å². The van der Waals surface area contributed by atoms with Crippen LogP contribution in [0.4, 0.5) is 0 Å². The van der Waals surface area contributed by atoms with Gasteiger partial charge in [-0.3, -0.25) is 4.99 Å². The van der Waals surface area contributed by atoms with Crippen molar-refractivity contribution < 1.29 is 4.74 Å². The Morgan fingerprint density at radius 2 is 2.00 bits per heavy atom. The van der Waals surface area contributed by atoms with Gasteiger partial charge in [0.05, 0.1) is 13.2 Å². The summed E-state index contributed by atoms with van der Waals surface area (Å²) in [7, 11) is 1.81. The van der Waals surface area contributed by atoms with Crippen LogP contribution in [0, 0.1) is 0 Å². The Balaban J connectivity index is 0.00000264. The number of hydrogen-bond donors (Lipinski definition) is 2. The van der Waals surface area contributed by atoms with Gasteiger partial charge in [0.2, 0.25) is 0 Å². The quantitative estimate of drug-likeness (QED) is 0.168. The van der Waals surface area contributed by atoms with Crippen LogP contribution in [-0.2, 0) is 4.74 Å². The molecule has 1 aliphatic rings. The minimum absolute atomic E-state index is 0. The molecule has 1 aliphatic heterocycles. The lowest BCUT2D eigenvalue weighted by molar-refractivity contribution is 0.153. The Labute approximate surface area is 160 Å². The van der Waals surface area contributed by atoms with E-state index < -0.39 is 0 Å². The van der Waals surface area contributed by atoms with Crippen LogP contribution in [0.2, 0.25) is 0 Å². The number of ether oxygens (including phenoxy) is 1. The van der Waals surface area contributed by atoms with Gasteiger partial charge in [0.15, 0.2) is 5.96 Å². The number of thioether (sulfide) groups is 1. The summed E-state index contributed by atoms with van der Waals surface area (Å²) in [5.41, 5.74) is 1.48. The van der Waals surface area contributed by atoms with E-state index in [0.717, 1.165) is 50.9 Å². The third-order valence-corrected chi connectivity index (χ3v) is 4.44. The summed E-state index contributed by atoms with van der Waals surface area (Å²) in [6, 6.07) is 10.5. The van der Waals surface area contributed by atoms with E-state index >= 15 is 0 Å². The first-order chi connectivity index (χ1) is 10.9. The number of guanidine groups is 1. The van der Waals surface area contributed by atoms with Gasteiger partial charge < -0.3 is 15.4 Å². The van der Waals surface area contributed by atoms with Crippen LogP contribution >= 0.6 is 35.7 Å². The van der Waals surface area contributed by atoms with E-state index in [1.807, 2.05) is 24.9 Å². The molecule has 0 amide bonds. The highest BCUT2D eigenvalue weighted by atomic mass is 127. The molecule has 0 spiro atoms. The number of halogens is 1. The maximum Gasteiger partial charge on any atom is 0.191 e. The van der Waals surface area contributed by atoms with Gasteiger partial charge in [-0.15, -0.1) is 35.7 Å². The molecule has 0 fully saturated rings. The van der Waals surface area contributed by atoms with E-state index in [-0.39, 0.29) is 24.0 Å². The number of hydrogen-bond acceptors (Lipinski definition) is 3. The van der Waals surface area contributed by atoms with Gasteiger partial charge >= 0.3 is 0 Å². The van der Waals surface area contributed by atoms with Crippen LogP contribution in [0.5, 0.6) is 0 Å². The van der Waals surface area contributed by atoms with Crippen LogP contribution in [0.25, 0.3) is 0 Å². The van der Waals surface area contributed by atoms with E-state index in [0.29, 0.717) is 0 Å². The van der Waals surface area contributed by atoms with Gasteiger partial charge in [-0.1, -0.05) is 29.8 Å². The molecule has 0 aromatic heterocycles. The summed E-state index contributed by atoms with van der Waals surface area (Å²) in [5, 5.41) is 6.71. The maximum atomic E-state index is 5.32. The molecule has 4 nitrogen and oxygen atoms in total. The lowest BCUT2D eigenvalue weighted by atomic mass is 10.1. The molecule has 0 saturated carbocycles. The topological polar surface area (TPSA) is 45.7 Å². The molecule has 1 aromatic rings. The molecule has 0 atom stereocenters. The monoisotopic (exact) mass is 447 g/mol. The standard InChI is InChI=1S/C17H25N3OS.HI/c1-18-17(19-10-7-15-8-12-21-13-9-15)20-11-14-22-16-5-3-2-4-6-16;/h2-6,8H,7,9-14H2,1H3,(H2,18,19,20);1H. The lowest BCUT2D eigenvalue weighted by Crippen LogP contribution is -2.39. The minimum Gasteiger partial charge on any atom is -0.377 e. The highest BCUT2D eigenvalue weighted by Gasteiger charge is 2.04. The van der Waals surface area contributed by atoms with Gasteiger partial charge in [-0.25, -0.2) is 0 Å². The molecule has 0 radical (unpaired) electrons. The fourth-order valence-corrected chi connectivity index (χ4v) is 3.00. The zero-order valence-electron chi connectivity index (χ0n) is 13.6. The first-order valence-corrected chi connectivity index (χ1v) is 8.75. The van der Waals surface area contributed by atoms with E-state index in [4.69, 9.17) is 4.74 Å². The molecule has 2 N–H and O–H groups in total. The minimum atomic E-state index is 0. The van der Waals surface area contributed by atoms with Gasteiger partial charge in [-0.05, 0) is 25.0 Å². The first kappa shape index (κ1) is 20.3. The summed E-state index contributed by atoms with van der Waals surface area (Å²) in [4.78, 5) is 5.56. The Morgan fingerprint density at radius 1 is 1.22 bits per heavy atom. The third-order valence-electron chi connectivity index (χ3n) is 3.43. The average Bonchev–Trinajstić information content (AvgIpc) is 2.59. The molecule has 1 heterocycles. The van der Waals surface area contributed by atoms with Crippen molar-refractivity contribution in [1.82, 2.24) is 10.6 Å². The molecule has 2 rings (SSSR count). The Kier molecular flexibility index (Phi) is 11.2. The summed E-state index contributed by atoms with van der Waals surface area (Å²) in [6.07, 6.45) is 4.31. The van der Waals surface area contributed by atoms with Gasteiger partial charge in [-0.2, -0.15) is 0 Å². The summed E-state index contributed by atoms with van der Waals surface area (Å²) in [6.45, 7) is 3.43. The summed E-state index contributed by atoms with van der Waals surface area (Å²) >= 11 is 1.85. The highest BCUT2D eigenvalue weighted by molar-refractivity contribution is 14.0. The average molecular weight is 447 g/mol. The second kappa shape index (κ2) is 12.7. The molecule has 128 valence electrons. The van der Waals surface area contributed by atoms with Crippen LogP contribution in [0.3, 0.4) is 0 Å². The molecular formula is C17H26IN3OS. The normalized spacial score (nSPS) is 14.7. The van der Waals surface area contributed by atoms with Crippen molar-refractivity contribution in [1.29, 1.82) is 0 Å². The summed E-state index contributed by atoms with van der Waals surface area (Å²) in [5.74, 6) is 1.90. The molecule has 0 bridgehead atoms. The molecule has 0 unspecified atom stereocenters. The number of nitrogens with one attached hydrogen (secondary N) is 2. The SMILES string of the molecule is CN=C(NCCSc1ccccc1)NCCC1=CCOCC1.I. The van der Waals surface area contributed by atoms with Crippen LogP contribution in [0.1, 0.15) is 12.8 Å². The third kappa shape index (κ3) is 8.62. The Morgan fingerprint density at radius 3 is 2.70 bits per heavy atom. The molecule has 23 heavy (non-hydrogen) atoms. The first-order valence-electron chi connectivity index (χ1n) is 7.76. The molecule has 1 aromatic carbocycles. The van der Waals surface area contributed by atoms with E-state index in [1.54, 1.807) is 0 Å². The van der Waals surface area contributed by atoms with Crippen LogP contribution < -0.4 is 10.6 Å². The number of benzene rings is 1. The fraction of sp³-hybridized carbons (Fsp3) is 0.471. The second-order valence-corrected chi connectivity index (χ2v) is 6.19. The maximum absolute atomic E-state index is 5.32. The molecule has 0 aliphatic carbocycles. The Bertz CT molecular complexity index is 494. The van der Waals surface area contributed by atoms with Gasteiger partial charge in [0, 0.05) is 30.8 Å². The van der Waals surface area contributed by atoms with Gasteiger partial charge in [0.1, 0.15) is 0 Å². The number of aliphatic imine (C=N–C) groups is 1. The lowest BCUT2D eigenvalue weighted by Gasteiger charge is -2.15. The number of rotatable bonds is 7. The van der Waals surface area contributed by atoms with Crippen molar-refractivity contribution in [3.63, 3.8) is 0 Å². The van der Waals surface area contributed by atoms with E-state index in [1.165, 1.54) is 10.5 Å². The van der Waals surface area contributed by atoms with Crippen LogP contribution in [0.15, 0.2) is 51.9 Å². The zero-order valence-corrected chi connectivity index (χ0v) is 16.7. The van der Waals surface area contributed by atoms with Crippen molar-refractivity contribution in [2.75, 3.05) is 39.1 Å². The predicted molar refractivity (Wildman–Crippen MR) is 110 cm³/mol. The van der Waals surface area contributed by atoms with Gasteiger partial charge in [0.25, 0.3) is 0 Å². The van der Waals surface area contributed by atoms with Crippen molar-refractivity contribution in [2.24, 2.45) is 4.99 Å². The smallest absolute Gasteiger partial charge is 0.191 e. The van der Waals surface area contributed by atoms with Crippen LogP contribution in [-0.4, -0.2) is 45.1 Å².